The molecule has 13 heavy (non-hydrogen) atoms. The van der Waals surface area contributed by atoms with Gasteiger partial charge in [-0.1, -0.05) is 13.5 Å². The third-order valence-corrected chi connectivity index (χ3v) is 2.49. The van der Waals surface area contributed by atoms with Crippen molar-refractivity contribution in [2.24, 2.45) is 5.92 Å². The van der Waals surface area contributed by atoms with Crippen molar-refractivity contribution in [2.75, 3.05) is 19.6 Å². The fourth-order valence-corrected chi connectivity index (χ4v) is 1.71. The number of carbonyl (C=O) groups is 1. The van der Waals surface area contributed by atoms with E-state index in [0.29, 0.717) is 0 Å². The van der Waals surface area contributed by atoms with Gasteiger partial charge in [0.1, 0.15) is 0 Å². The van der Waals surface area contributed by atoms with E-state index in [2.05, 4.69) is 18.4 Å². The maximum absolute atomic E-state index is 11.3. The summed E-state index contributed by atoms with van der Waals surface area (Å²) in [6.07, 6.45) is 3.25. The number of piperidine rings is 1. The van der Waals surface area contributed by atoms with Crippen LogP contribution < -0.4 is 0 Å². The molecule has 0 aromatic rings. The Kier molecular flexibility index (Phi) is 3.96. The van der Waals surface area contributed by atoms with Crippen molar-refractivity contribution in [3.05, 3.63) is 12.8 Å². The molecular weight excluding hydrogens is 166 g/mol. The number of nitrogens with zero attached hydrogens (tertiary/aromatic N) is 1. The van der Waals surface area contributed by atoms with Crippen LogP contribution in [0.5, 0.6) is 0 Å². The molecule has 0 aliphatic carbocycles. The van der Waals surface area contributed by atoms with E-state index in [1.807, 2.05) is 0 Å². The van der Waals surface area contributed by atoms with Gasteiger partial charge < -0.3 is 9.64 Å². The summed E-state index contributed by atoms with van der Waals surface area (Å²) >= 11 is 0. The van der Waals surface area contributed by atoms with Crippen LogP contribution in [0.25, 0.3) is 0 Å². The van der Waals surface area contributed by atoms with Gasteiger partial charge in [0.2, 0.25) is 0 Å². The highest BCUT2D eigenvalue weighted by molar-refractivity contribution is 5.73. The van der Waals surface area contributed by atoms with Crippen LogP contribution in [-0.2, 0) is 9.53 Å². The van der Waals surface area contributed by atoms with Gasteiger partial charge in [0.25, 0.3) is 0 Å². The minimum absolute atomic E-state index is 0.0479. The Hall–Kier alpha value is -0.830. The minimum Gasteiger partial charge on any atom is -0.435 e. The maximum atomic E-state index is 11.3. The Morgan fingerprint density at radius 3 is 3.15 bits per heavy atom. The topological polar surface area (TPSA) is 29.5 Å². The lowest BCUT2D eigenvalue weighted by molar-refractivity contribution is -0.144. The standard InChI is InChI=1S/C10H17NO2/c1-3-11-7-5-6-9(8-11)10(12)13-4-2/h4,9H,2-3,5-8H2,1H3. The normalized spacial score (nSPS) is 23.9. The first-order chi connectivity index (χ1) is 6.27. The van der Waals surface area contributed by atoms with Crippen LogP contribution in [-0.4, -0.2) is 30.5 Å². The largest absolute Gasteiger partial charge is 0.435 e. The molecule has 1 fully saturated rings. The summed E-state index contributed by atoms with van der Waals surface area (Å²) in [5.41, 5.74) is 0. The summed E-state index contributed by atoms with van der Waals surface area (Å²) < 4.78 is 4.77. The zero-order valence-corrected chi connectivity index (χ0v) is 8.16. The van der Waals surface area contributed by atoms with Gasteiger partial charge in [0.15, 0.2) is 0 Å². The molecule has 0 N–H and O–H groups in total. The summed E-state index contributed by atoms with van der Waals surface area (Å²) in [4.78, 5) is 13.6. The molecule has 0 amide bonds. The van der Waals surface area contributed by atoms with Crippen LogP contribution in [0.3, 0.4) is 0 Å². The van der Waals surface area contributed by atoms with Crippen LogP contribution in [0, 0.1) is 5.92 Å². The average molecular weight is 183 g/mol. The molecule has 1 unspecified atom stereocenters. The van der Waals surface area contributed by atoms with E-state index in [-0.39, 0.29) is 11.9 Å². The van der Waals surface area contributed by atoms with Gasteiger partial charge in [-0.2, -0.15) is 0 Å². The van der Waals surface area contributed by atoms with Crippen molar-refractivity contribution in [3.63, 3.8) is 0 Å². The van der Waals surface area contributed by atoms with Gasteiger partial charge in [0.05, 0.1) is 12.2 Å². The van der Waals surface area contributed by atoms with E-state index >= 15 is 0 Å². The van der Waals surface area contributed by atoms with Crippen molar-refractivity contribution in [1.82, 2.24) is 4.90 Å². The van der Waals surface area contributed by atoms with E-state index in [0.717, 1.165) is 32.5 Å². The number of esters is 1. The highest BCUT2D eigenvalue weighted by Crippen LogP contribution is 2.17. The zero-order chi connectivity index (χ0) is 9.68. The molecule has 3 nitrogen and oxygen atoms in total. The number of carbonyl (C=O) groups excluding carboxylic acids is 1. The van der Waals surface area contributed by atoms with Gasteiger partial charge in [-0.3, -0.25) is 4.79 Å². The molecule has 74 valence electrons. The highest BCUT2D eigenvalue weighted by atomic mass is 16.5. The molecule has 1 rings (SSSR count). The molecule has 0 saturated carbocycles. The lowest BCUT2D eigenvalue weighted by Crippen LogP contribution is -2.38. The van der Waals surface area contributed by atoms with Gasteiger partial charge >= 0.3 is 5.97 Å². The van der Waals surface area contributed by atoms with E-state index < -0.39 is 0 Å². The molecule has 1 aliphatic rings. The molecule has 0 aromatic heterocycles. The zero-order valence-electron chi connectivity index (χ0n) is 8.16. The van der Waals surface area contributed by atoms with Crippen molar-refractivity contribution in [1.29, 1.82) is 0 Å². The molecule has 0 bridgehead atoms. The molecular formula is C10H17NO2. The quantitative estimate of drug-likeness (QED) is 0.489. The number of ether oxygens (including phenoxy) is 1. The Bertz CT molecular complexity index is 191. The molecule has 1 saturated heterocycles. The van der Waals surface area contributed by atoms with E-state index in [1.165, 1.54) is 6.26 Å². The molecule has 1 aliphatic heterocycles. The smallest absolute Gasteiger partial charge is 0.315 e. The van der Waals surface area contributed by atoms with Crippen molar-refractivity contribution in [3.8, 4) is 0 Å². The van der Waals surface area contributed by atoms with Gasteiger partial charge in [-0.25, -0.2) is 0 Å². The predicted molar refractivity (Wildman–Crippen MR) is 51.1 cm³/mol. The third-order valence-electron chi connectivity index (χ3n) is 2.49. The van der Waals surface area contributed by atoms with Crippen LogP contribution in [0.1, 0.15) is 19.8 Å². The second-order valence-electron chi connectivity index (χ2n) is 3.34. The van der Waals surface area contributed by atoms with Crippen LogP contribution in [0.2, 0.25) is 0 Å². The average Bonchev–Trinajstić information content (AvgIpc) is 2.18. The number of rotatable bonds is 3. The highest BCUT2D eigenvalue weighted by Gasteiger charge is 2.25. The molecule has 0 spiro atoms. The summed E-state index contributed by atoms with van der Waals surface area (Å²) in [5, 5.41) is 0. The number of hydrogen-bond donors (Lipinski definition) is 0. The van der Waals surface area contributed by atoms with E-state index in [4.69, 9.17) is 4.74 Å². The lowest BCUT2D eigenvalue weighted by atomic mass is 9.98. The van der Waals surface area contributed by atoms with Crippen molar-refractivity contribution >= 4 is 5.97 Å². The van der Waals surface area contributed by atoms with Gasteiger partial charge in [-0.05, 0) is 25.9 Å². The summed E-state index contributed by atoms with van der Waals surface area (Å²) in [5.74, 6) is -0.0835. The van der Waals surface area contributed by atoms with E-state index in [1.54, 1.807) is 0 Å². The molecule has 0 radical (unpaired) electrons. The molecule has 1 heterocycles. The molecule has 1 atom stereocenters. The van der Waals surface area contributed by atoms with Crippen molar-refractivity contribution in [2.45, 2.75) is 19.8 Å². The van der Waals surface area contributed by atoms with Crippen LogP contribution in [0.4, 0.5) is 0 Å². The van der Waals surface area contributed by atoms with Crippen molar-refractivity contribution < 1.29 is 9.53 Å². The monoisotopic (exact) mass is 183 g/mol. The maximum Gasteiger partial charge on any atom is 0.315 e. The van der Waals surface area contributed by atoms with E-state index in [9.17, 15) is 4.79 Å². The van der Waals surface area contributed by atoms with Gasteiger partial charge in [-0.15, -0.1) is 0 Å². The first-order valence-corrected chi connectivity index (χ1v) is 4.81. The number of hydrogen-bond acceptors (Lipinski definition) is 3. The molecule has 3 heteroatoms. The Labute approximate surface area is 79.4 Å². The Morgan fingerprint density at radius 2 is 2.54 bits per heavy atom. The van der Waals surface area contributed by atoms with Crippen LogP contribution in [0.15, 0.2) is 12.8 Å². The minimum atomic E-state index is -0.131. The lowest BCUT2D eigenvalue weighted by Gasteiger charge is -2.29. The fourth-order valence-electron chi connectivity index (χ4n) is 1.71. The Balaban J connectivity index is 2.41. The SMILES string of the molecule is C=COC(=O)C1CCCN(CC)C1. The first kappa shape index (κ1) is 10.3. The summed E-state index contributed by atoms with van der Waals surface area (Å²) in [6, 6.07) is 0. The number of likely N-dealkylation sites (tertiary alicyclic amines) is 1. The Morgan fingerprint density at radius 1 is 1.77 bits per heavy atom. The third kappa shape index (κ3) is 2.84. The predicted octanol–water partition coefficient (Wildman–Crippen LogP) is 1.41. The van der Waals surface area contributed by atoms with Gasteiger partial charge in [0, 0.05) is 6.54 Å². The van der Waals surface area contributed by atoms with Crippen LogP contribution >= 0.6 is 0 Å². The summed E-state index contributed by atoms with van der Waals surface area (Å²) in [6.45, 7) is 8.44. The first-order valence-electron chi connectivity index (χ1n) is 4.81. The molecule has 0 aromatic carbocycles. The second-order valence-corrected chi connectivity index (χ2v) is 3.34. The fraction of sp³-hybridized carbons (Fsp3) is 0.700. The summed E-state index contributed by atoms with van der Waals surface area (Å²) in [7, 11) is 0. The second kappa shape index (κ2) is 5.02.